The van der Waals surface area contributed by atoms with Gasteiger partial charge in [-0.3, -0.25) is 4.79 Å². The van der Waals surface area contributed by atoms with Crippen LogP contribution in [0.4, 0.5) is 5.82 Å². The quantitative estimate of drug-likeness (QED) is 0.759. The first kappa shape index (κ1) is 17.4. The molecule has 0 unspecified atom stereocenters. The van der Waals surface area contributed by atoms with E-state index in [4.69, 9.17) is 0 Å². The first-order chi connectivity index (χ1) is 10.2. The maximum atomic E-state index is 12.5. The number of amides is 1. The van der Waals surface area contributed by atoms with E-state index in [9.17, 15) is 4.79 Å². The molecule has 0 atom stereocenters. The topological polar surface area (TPSA) is 48.5 Å². The monoisotopic (exact) mass is 292 g/mol. The Kier molecular flexibility index (Phi) is 7.75. The van der Waals surface area contributed by atoms with Gasteiger partial charge in [-0.05, 0) is 45.1 Å². The van der Waals surface area contributed by atoms with E-state index in [0.717, 1.165) is 38.4 Å². The van der Waals surface area contributed by atoms with Crippen LogP contribution < -0.4 is 5.32 Å². The van der Waals surface area contributed by atoms with Crippen molar-refractivity contribution in [1.82, 2.24) is 14.8 Å². The summed E-state index contributed by atoms with van der Waals surface area (Å²) in [6, 6.07) is 5.49. The maximum Gasteiger partial charge on any atom is 0.272 e. The third-order valence-electron chi connectivity index (χ3n) is 3.69. The lowest BCUT2D eigenvalue weighted by atomic mass is 10.2. The van der Waals surface area contributed by atoms with Crippen LogP contribution in [-0.4, -0.2) is 60.5 Å². The Bertz CT molecular complexity index is 432. The van der Waals surface area contributed by atoms with Gasteiger partial charge in [0, 0.05) is 20.1 Å². The van der Waals surface area contributed by atoms with Crippen molar-refractivity contribution in [3.8, 4) is 0 Å². The van der Waals surface area contributed by atoms with Crippen molar-refractivity contribution in [2.75, 3.05) is 45.1 Å². The number of nitrogens with one attached hydrogen (secondary N) is 1. The summed E-state index contributed by atoms with van der Waals surface area (Å²) < 4.78 is 0. The molecule has 1 rings (SSSR count). The molecule has 1 heterocycles. The van der Waals surface area contributed by atoms with Crippen LogP contribution in [0, 0.1) is 0 Å². The first-order valence-corrected chi connectivity index (χ1v) is 7.82. The zero-order valence-electron chi connectivity index (χ0n) is 13.7. The first-order valence-electron chi connectivity index (χ1n) is 7.82. The van der Waals surface area contributed by atoms with Crippen molar-refractivity contribution in [3.05, 3.63) is 23.9 Å². The fraction of sp³-hybridized carbons (Fsp3) is 0.625. The average molecular weight is 292 g/mol. The summed E-state index contributed by atoms with van der Waals surface area (Å²) in [5.74, 6) is 0.731. The van der Waals surface area contributed by atoms with Crippen LogP contribution in [0.2, 0.25) is 0 Å². The second-order valence-corrected chi connectivity index (χ2v) is 4.92. The largest absolute Gasteiger partial charge is 0.373 e. The summed E-state index contributed by atoms with van der Waals surface area (Å²) in [5, 5.41) is 2.96. The number of pyridine rings is 1. The molecule has 5 heteroatoms. The molecule has 118 valence electrons. The van der Waals surface area contributed by atoms with Crippen molar-refractivity contribution in [2.24, 2.45) is 0 Å². The minimum absolute atomic E-state index is 0.00847. The maximum absolute atomic E-state index is 12.5. The summed E-state index contributed by atoms with van der Waals surface area (Å²) >= 11 is 0. The Hall–Kier alpha value is -1.62. The molecule has 0 aliphatic heterocycles. The van der Waals surface area contributed by atoms with Crippen molar-refractivity contribution in [2.45, 2.75) is 27.2 Å². The molecule has 0 fully saturated rings. The normalized spacial score (nSPS) is 10.7. The predicted octanol–water partition coefficient (Wildman–Crippen LogP) is 2.32. The average Bonchev–Trinajstić information content (AvgIpc) is 2.54. The number of carbonyl (C=O) groups is 1. The second-order valence-electron chi connectivity index (χ2n) is 4.92. The van der Waals surface area contributed by atoms with Crippen molar-refractivity contribution in [1.29, 1.82) is 0 Å². The summed E-state index contributed by atoms with van der Waals surface area (Å²) in [7, 11) is 1.80. The Labute approximate surface area is 128 Å². The van der Waals surface area contributed by atoms with E-state index in [-0.39, 0.29) is 5.91 Å². The number of rotatable bonds is 9. The highest BCUT2D eigenvalue weighted by Gasteiger charge is 2.15. The molecule has 5 nitrogen and oxygen atoms in total. The lowest BCUT2D eigenvalue weighted by Gasteiger charge is -2.23. The van der Waals surface area contributed by atoms with Gasteiger partial charge in [-0.2, -0.15) is 0 Å². The highest BCUT2D eigenvalue weighted by Crippen LogP contribution is 2.08. The third-order valence-corrected chi connectivity index (χ3v) is 3.69. The molecule has 0 radical (unpaired) electrons. The number of anilines is 1. The van der Waals surface area contributed by atoms with Gasteiger partial charge in [-0.1, -0.05) is 19.9 Å². The molecule has 0 aliphatic carbocycles. The summed E-state index contributed by atoms with van der Waals surface area (Å²) in [6.45, 7) is 11.0. The lowest BCUT2D eigenvalue weighted by Crippen LogP contribution is -2.34. The van der Waals surface area contributed by atoms with Crippen molar-refractivity contribution in [3.63, 3.8) is 0 Å². The molecule has 0 aromatic carbocycles. The van der Waals surface area contributed by atoms with E-state index in [2.05, 4.69) is 29.0 Å². The van der Waals surface area contributed by atoms with E-state index < -0.39 is 0 Å². The van der Waals surface area contributed by atoms with E-state index >= 15 is 0 Å². The molecule has 0 saturated carbocycles. The van der Waals surface area contributed by atoms with Crippen LogP contribution in [0.25, 0.3) is 0 Å². The number of aromatic nitrogens is 1. The van der Waals surface area contributed by atoms with Crippen LogP contribution in [-0.2, 0) is 0 Å². The van der Waals surface area contributed by atoms with Gasteiger partial charge in [0.15, 0.2) is 0 Å². The van der Waals surface area contributed by atoms with Gasteiger partial charge in [-0.25, -0.2) is 4.98 Å². The highest BCUT2D eigenvalue weighted by atomic mass is 16.2. The predicted molar refractivity (Wildman–Crippen MR) is 87.8 cm³/mol. The van der Waals surface area contributed by atoms with E-state index in [1.165, 1.54) is 0 Å². The van der Waals surface area contributed by atoms with Gasteiger partial charge in [0.05, 0.1) is 0 Å². The SMILES string of the molecule is CCN(CC)CCCN(CC)C(=O)c1cccc(NC)n1. The summed E-state index contributed by atoms with van der Waals surface area (Å²) in [6.07, 6.45) is 0.993. The minimum atomic E-state index is 0.00847. The number of hydrogen-bond donors (Lipinski definition) is 1. The molecule has 1 aromatic rings. The van der Waals surface area contributed by atoms with Crippen molar-refractivity contribution < 1.29 is 4.79 Å². The summed E-state index contributed by atoms with van der Waals surface area (Å²) in [4.78, 5) is 21.0. The van der Waals surface area contributed by atoms with Crippen LogP contribution in [0.1, 0.15) is 37.7 Å². The minimum Gasteiger partial charge on any atom is -0.373 e. The van der Waals surface area contributed by atoms with Gasteiger partial charge >= 0.3 is 0 Å². The third kappa shape index (κ3) is 5.34. The van der Waals surface area contributed by atoms with Crippen LogP contribution in [0.5, 0.6) is 0 Å². The summed E-state index contributed by atoms with van der Waals surface area (Å²) in [5.41, 5.74) is 0.506. The van der Waals surface area contributed by atoms with Gasteiger partial charge in [0.25, 0.3) is 5.91 Å². The van der Waals surface area contributed by atoms with Crippen LogP contribution in [0.15, 0.2) is 18.2 Å². The molecule has 1 aromatic heterocycles. The highest BCUT2D eigenvalue weighted by molar-refractivity contribution is 5.92. The molecule has 0 aliphatic rings. The van der Waals surface area contributed by atoms with E-state index in [0.29, 0.717) is 12.2 Å². The number of hydrogen-bond acceptors (Lipinski definition) is 4. The van der Waals surface area contributed by atoms with E-state index in [1.54, 1.807) is 13.1 Å². The fourth-order valence-electron chi connectivity index (χ4n) is 2.28. The van der Waals surface area contributed by atoms with Gasteiger partial charge < -0.3 is 15.1 Å². The lowest BCUT2D eigenvalue weighted by molar-refractivity contribution is 0.0751. The smallest absolute Gasteiger partial charge is 0.272 e. The Morgan fingerprint density at radius 3 is 2.43 bits per heavy atom. The fourth-order valence-corrected chi connectivity index (χ4v) is 2.28. The Balaban J connectivity index is 2.60. The molecule has 1 N–H and O–H groups in total. The Morgan fingerprint density at radius 1 is 1.14 bits per heavy atom. The zero-order valence-corrected chi connectivity index (χ0v) is 13.7. The molecule has 0 bridgehead atoms. The van der Waals surface area contributed by atoms with Gasteiger partial charge in [0.2, 0.25) is 0 Å². The van der Waals surface area contributed by atoms with Gasteiger partial charge in [0.1, 0.15) is 11.5 Å². The molecular weight excluding hydrogens is 264 g/mol. The Morgan fingerprint density at radius 2 is 1.86 bits per heavy atom. The second kappa shape index (κ2) is 9.34. The van der Waals surface area contributed by atoms with Crippen LogP contribution in [0.3, 0.4) is 0 Å². The molecule has 1 amide bonds. The zero-order chi connectivity index (χ0) is 15.7. The molecular formula is C16H28N4O. The van der Waals surface area contributed by atoms with E-state index in [1.807, 2.05) is 24.0 Å². The number of carbonyl (C=O) groups excluding carboxylic acids is 1. The van der Waals surface area contributed by atoms with Gasteiger partial charge in [-0.15, -0.1) is 0 Å². The standard InChI is InChI=1S/C16H28N4O/c1-5-19(6-2)12-9-13-20(7-3)16(21)14-10-8-11-15(17-4)18-14/h8,10-11H,5-7,9,12-13H2,1-4H3,(H,17,18). The number of nitrogens with zero attached hydrogens (tertiary/aromatic N) is 3. The molecule has 0 saturated heterocycles. The molecule has 21 heavy (non-hydrogen) atoms. The molecule has 0 spiro atoms. The van der Waals surface area contributed by atoms with Crippen molar-refractivity contribution >= 4 is 11.7 Å². The van der Waals surface area contributed by atoms with Crippen LogP contribution >= 0.6 is 0 Å².